The van der Waals surface area contributed by atoms with Crippen LogP contribution in [0, 0.1) is 11.3 Å². The van der Waals surface area contributed by atoms with Crippen molar-refractivity contribution in [2.45, 2.75) is 52.4 Å². The Hall–Kier alpha value is -3.50. The molecule has 1 aromatic carbocycles. The Labute approximate surface area is 198 Å². The summed E-state index contributed by atoms with van der Waals surface area (Å²) in [5.74, 6) is -0.290. The maximum Gasteiger partial charge on any atom is 0.268 e. The standard InChI is InChI=1S/C26H28N4O2S/c1-25(2,3)18-12-16(13-19(22(18)31)26(4,5)6)11-17(14-27)23(32)30-24-29-21(15-33-24)20-9-7-8-10-28-20/h7-13,15,31H,1-6H3,(H,29,30,32)/b17-11+. The zero-order valence-electron chi connectivity index (χ0n) is 19.7. The van der Waals surface area contributed by atoms with Crippen LogP contribution in [-0.2, 0) is 15.6 Å². The number of nitrogens with zero attached hydrogens (tertiary/aromatic N) is 3. The van der Waals surface area contributed by atoms with Crippen molar-refractivity contribution in [3.05, 3.63) is 64.2 Å². The molecule has 2 N–H and O–H groups in total. The van der Waals surface area contributed by atoms with Gasteiger partial charge in [0.1, 0.15) is 23.1 Å². The molecule has 0 aliphatic heterocycles. The highest BCUT2D eigenvalue weighted by Gasteiger charge is 2.26. The summed E-state index contributed by atoms with van der Waals surface area (Å²) in [7, 11) is 0. The maximum absolute atomic E-state index is 12.8. The van der Waals surface area contributed by atoms with Crippen LogP contribution in [0.5, 0.6) is 5.75 Å². The predicted molar refractivity (Wildman–Crippen MR) is 133 cm³/mol. The zero-order valence-corrected chi connectivity index (χ0v) is 20.5. The lowest BCUT2D eigenvalue weighted by Crippen LogP contribution is -2.18. The zero-order chi connectivity index (χ0) is 24.4. The third kappa shape index (κ3) is 5.65. The average Bonchev–Trinajstić information content (AvgIpc) is 3.20. The van der Waals surface area contributed by atoms with E-state index in [4.69, 9.17) is 0 Å². The number of amides is 1. The number of aromatic hydroxyl groups is 1. The minimum absolute atomic E-state index is 0.0463. The predicted octanol–water partition coefficient (Wildman–Crippen LogP) is 6.05. The van der Waals surface area contributed by atoms with E-state index in [-0.39, 0.29) is 22.2 Å². The monoisotopic (exact) mass is 460 g/mol. The largest absolute Gasteiger partial charge is 0.507 e. The van der Waals surface area contributed by atoms with E-state index in [1.807, 2.05) is 77.9 Å². The lowest BCUT2D eigenvalue weighted by Gasteiger charge is -2.28. The van der Waals surface area contributed by atoms with Gasteiger partial charge in [-0.3, -0.25) is 15.1 Å². The van der Waals surface area contributed by atoms with Crippen molar-refractivity contribution in [3.63, 3.8) is 0 Å². The van der Waals surface area contributed by atoms with Crippen molar-refractivity contribution in [3.8, 4) is 23.2 Å². The van der Waals surface area contributed by atoms with Gasteiger partial charge in [0.05, 0.1) is 5.69 Å². The smallest absolute Gasteiger partial charge is 0.268 e. The number of hydrogen-bond donors (Lipinski definition) is 2. The molecule has 0 spiro atoms. The van der Waals surface area contributed by atoms with Gasteiger partial charge in [-0.2, -0.15) is 5.26 Å². The first kappa shape index (κ1) is 24.1. The van der Waals surface area contributed by atoms with Gasteiger partial charge in [0, 0.05) is 22.7 Å². The van der Waals surface area contributed by atoms with E-state index in [2.05, 4.69) is 15.3 Å². The number of nitrogens with one attached hydrogen (secondary N) is 1. The molecule has 0 aliphatic rings. The number of rotatable bonds is 4. The van der Waals surface area contributed by atoms with E-state index in [0.29, 0.717) is 22.1 Å². The molecule has 0 unspecified atom stereocenters. The minimum atomic E-state index is -0.540. The van der Waals surface area contributed by atoms with Crippen molar-refractivity contribution < 1.29 is 9.90 Å². The number of hydrogen-bond acceptors (Lipinski definition) is 6. The molecule has 0 atom stereocenters. The third-order valence-corrected chi connectivity index (χ3v) is 5.83. The summed E-state index contributed by atoms with van der Waals surface area (Å²) in [4.78, 5) is 21.5. The van der Waals surface area contributed by atoms with Gasteiger partial charge in [0.25, 0.3) is 5.91 Å². The Kier molecular flexibility index (Phi) is 6.71. The molecule has 170 valence electrons. The van der Waals surface area contributed by atoms with Crippen LogP contribution < -0.4 is 5.32 Å². The summed E-state index contributed by atoms with van der Waals surface area (Å²) in [5.41, 5.74) is 2.90. The maximum atomic E-state index is 12.8. The quantitative estimate of drug-likeness (QED) is 0.365. The van der Waals surface area contributed by atoms with E-state index in [1.54, 1.807) is 17.7 Å². The number of thiazole rings is 1. The van der Waals surface area contributed by atoms with Crippen LogP contribution in [0.25, 0.3) is 17.5 Å². The summed E-state index contributed by atoms with van der Waals surface area (Å²) in [6, 6.07) is 11.2. The number of aromatic nitrogens is 2. The van der Waals surface area contributed by atoms with Gasteiger partial charge in [-0.15, -0.1) is 11.3 Å². The summed E-state index contributed by atoms with van der Waals surface area (Å²) < 4.78 is 0. The SMILES string of the molecule is CC(C)(C)c1cc(/C=C(\C#N)C(=O)Nc2nc(-c3ccccn3)cs2)cc(C(C)(C)C)c1O. The highest BCUT2D eigenvalue weighted by Crippen LogP contribution is 2.40. The Morgan fingerprint density at radius 1 is 1.09 bits per heavy atom. The van der Waals surface area contributed by atoms with E-state index >= 15 is 0 Å². The molecule has 0 saturated carbocycles. The number of carbonyl (C=O) groups is 1. The van der Waals surface area contributed by atoms with E-state index in [9.17, 15) is 15.2 Å². The Morgan fingerprint density at radius 2 is 1.73 bits per heavy atom. The molecule has 0 fully saturated rings. The first-order valence-electron chi connectivity index (χ1n) is 10.6. The second kappa shape index (κ2) is 9.16. The molecule has 3 rings (SSSR count). The number of carbonyl (C=O) groups excluding carboxylic acids is 1. The van der Waals surface area contributed by atoms with Crippen molar-refractivity contribution in [1.82, 2.24) is 9.97 Å². The molecule has 3 aromatic rings. The summed E-state index contributed by atoms with van der Waals surface area (Å²) in [5, 5.41) is 25.5. The van der Waals surface area contributed by atoms with Crippen LogP contribution in [0.3, 0.4) is 0 Å². The molecular formula is C26H28N4O2S. The first-order chi connectivity index (χ1) is 15.4. The number of anilines is 1. The number of phenolic OH excluding ortho intramolecular Hbond substituents is 1. The van der Waals surface area contributed by atoms with Crippen molar-refractivity contribution in [2.75, 3.05) is 5.32 Å². The van der Waals surface area contributed by atoms with Gasteiger partial charge in [-0.05, 0) is 46.7 Å². The van der Waals surface area contributed by atoms with Crippen molar-refractivity contribution in [2.24, 2.45) is 0 Å². The molecule has 0 aliphatic carbocycles. The lowest BCUT2D eigenvalue weighted by atomic mass is 9.78. The highest BCUT2D eigenvalue weighted by atomic mass is 32.1. The van der Waals surface area contributed by atoms with Crippen LogP contribution in [0.1, 0.15) is 58.2 Å². The summed E-state index contributed by atoms with van der Waals surface area (Å²) >= 11 is 1.27. The van der Waals surface area contributed by atoms with E-state index in [1.165, 1.54) is 11.3 Å². The fourth-order valence-electron chi connectivity index (χ4n) is 3.33. The van der Waals surface area contributed by atoms with Crippen LogP contribution in [0.2, 0.25) is 0 Å². The Bertz CT molecular complexity index is 1200. The topological polar surface area (TPSA) is 98.9 Å². The van der Waals surface area contributed by atoms with Crippen molar-refractivity contribution in [1.29, 1.82) is 5.26 Å². The average molecular weight is 461 g/mol. The number of phenols is 1. The van der Waals surface area contributed by atoms with E-state index in [0.717, 1.165) is 11.1 Å². The lowest BCUT2D eigenvalue weighted by molar-refractivity contribution is -0.112. The van der Waals surface area contributed by atoms with Crippen LogP contribution in [0.15, 0.2) is 47.5 Å². The number of benzene rings is 1. The molecule has 2 aromatic heterocycles. The molecule has 0 radical (unpaired) electrons. The van der Waals surface area contributed by atoms with Gasteiger partial charge >= 0.3 is 0 Å². The fraction of sp³-hybridized carbons (Fsp3) is 0.308. The molecule has 6 nitrogen and oxygen atoms in total. The fourth-order valence-corrected chi connectivity index (χ4v) is 4.03. The van der Waals surface area contributed by atoms with Crippen LogP contribution in [0.4, 0.5) is 5.13 Å². The molecule has 33 heavy (non-hydrogen) atoms. The normalized spacial score (nSPS) is 12.3. The van der Waals surface area contributed by atoms with Gasteiger partial charge in [0.2, 0.25) is 0 Å². The second-order valence-electron chi connectivity index (χ2n) is 9.84. The van der Waals surface area contributed by atoms with Crippen molar-refractivity contribution >= 4 is 28.5 Å². The molecule has 0 bridgehead atoms. The summed E-state index contributed by atoms with van der Waals surface area (Å²) in [6.45, 7) is 12.1. The molecule has 2 heterocycles. The van der Waals surface area contributed by atoms with Gasteiger partial charge in [-0.25, -0.2) is 4.98 Å². The second-order valence-corrected chi connectivity index (χ2v) is 10.7. The van der Waals surface area contributed by atoms with Crippen LogP contribution in [-0.4, -0.2) is 21.0 Å². The molecular weight excluding hydrogens is 432 g/mol. The number of pyridine rings is 1. The highest BCUT2D eigenvalue weighted by molar-refractivity contribution is 7.14. The van der Waals surface area contributed by atoms with Gasteiger partial charge in [0.15, 0.2) is 5.13 Å². The van der Waals surface area contributed by atoms with E-state index < -0.39 is 5.91 Å². The van der Waals surface area contributed by atoms with Gasteiger partial charge < -0.3 is 5.11 Å². The number of nitriles is 1. The minimum Gasteiger partial charge on any atom is -0.507 e. The summed E-state index contributed by atoms with van der Waals surface area (Å²) in [6.07, 6.45) is 3.23. The Balaban J connectivity index is 1.94. The molecule has 0 saturated heterocycles. The Morgan fingerprint density at radius 3 is 2.24 bits per heavy atom. The van der Waals surface area contributed by atoms with Crippen LogP contribution >= 0.6 is 11.3 Å². The van der Waals surface area contributed by atoms with Gasteiger partial charge in [-0.1, -0.05) is 47.6 Å². The molecule has 7 heteroatoms. The first-order valence-corrected chi connectivity index (χ1v) is 11.5. The molecule has 1 amide bonds. The third-order valence-electron chi connectivity index (χ3n) is 5.08.